The molecule has 1 aliphatic heterocycles. The van der Waals surface area contributed by atoms with Gasteiger partial charge in [0.25, 0.3) is 0 Å². The van der Waals surface area contributed by atoms with Crippen LogP contribution < -0.4 is 0 Å². The first kappa shape index (κ1) is 16.5. The highest BCUT2D eigenvalue weighted by Gasteiger charge is 2.31. The Hall–Kier alpha value is -3.33. The standard InChI is InChI=1S/C16H8O8S/c17-8-23-14(18)9-2-1-3-10(6-9)25(21,22)11-4-5-12-13(7-11)16(20)24-15(12)19/h1-8H. The first-order chi connectivity index (χ1) is 11.8. The van der Waals surface area contributed by atoms with Crippen LogP contribution in [0.5, 0.6) is 0 Å². The van der Waals surface area contributed by atoms with E-state index < -0.39 is 27.7 Å². The third kappa shape index (κ3) is 2.81. The SMILES string of the molecule is O=COC(=O)c1cccc(S(=O)(=O)c2ccc3c(c2)C(=O)OC3=O)c1. The molecule has 2 aromatic rings. The molecule has 8 nitrogen and oxygen atoms in total. The second-order valence-electron chi connectivity index (χ2n) is 4.92. The van der Waals surface area contributed by atoms with Gasteiger partial charge >= 0.3 is 24.4 Å². The first-order valence-electron chi connectivity index (χ1n) is 6.75. The Bertz CT molecular complexity index is 1040. The second-order valence-corrected chi connectivity index (χ2v) is 6.87. The van der Waals surface area contributed by atoms with Gasteiger partial charge < -0.3 is 9.47 Å². The largest absolute Gasteiger partial charge is 0.392 e. The maximum Gasteiger partial charge on any atom is 0.346 e. The van der Waals surface area contributed by atoms with Crippen LogP contribution in [-0.2, 0) is 24.1 Å². The lowest BCUT2D eigenvalue weighted by molar-refractivity contribution is -0.123. The summed E-state index contributed by atoms with van der Waals surface area (Å²) in [6.07, 6.45) is 0. The van der Waals surface area contributed by atoms with E-state index in [0.29, 0.717) is 0 Å². The highest BCUT2D eigenvalue weighted by Crippen LogP contribution is 2.27. The summed E-state index contributed by atoms with van der Waals surface area (Å²) in [5.41, 5.74) is -0.307. The van der Waals surface area contributed by atoms with Gasteiger partial charge in [-0.05, 0) is 36.4 Å². The van der Waals surface area contributed by atoms with Crippen molar-refractivity contribution in [2.24, 2.45) is 0 Å². The number of ether oxygens (including phenoxy) is 2. The van der Waals surface area contributed by atoms with Crippen molar-refractivity contribution in [3.05, 3.63) is 59.2 Å². The molecule has 0 saturated heterocycles. The van der Waals surface area contributed by atoms with E-state index in [4.69, 9.17) is 0 Å². The fraction of sp³-hybridized carbons (Fsp3) is 0. The Labute approximate surface area is 140 Å². The molecular weight excluding hydrogens is 352 g/mol. The Morgan fingerprint density at radius 1 is 0.960 bits per heavy atom. The minimum atomic E-state index is -4.09. The first-order valence-corrected chi connectivity index (χ1v) is 8.23. The van der Waals surface area contributed by atoms with Crippen LogP contribution in [-0.4, -0.2) is 32.8 Å². The van der Waals surface area contributed by atoms with E-state index in [-0.39, 0.29) is 33.0 Å². The smallest absolute Gasteiger partial charge is 0.346 e. The lowest BCUT2D eigenvalue weighted by Gasteiger charge is -2.07. The number of benzene rings is 2. The molecule has 2 aromatic carbocycles. The molecule has 126 valence electrons. The van der Waals surface area contributed by atoms with Crippen molar-refractivity contribution in [3.63, 3.8) is 0 Å². The van der Waals surface area contributed by atoms with Gasteiger partial charge in [-0.3, -0.25) is 4.79 Å². The van der Waals surface area contributed by atoms with Crippen molar-refractivity contribution in [3.8, 4) is 0 Å². The number of cyclic esters (lactones) is 2. The average molecular weight is 360 g/mol. The minimum absolute atomic E-state index is 0.0211. The van der Waals surface area contributed by atoms with Crippen molar-refractivity contribution in [2.45, 2.75) is 9.79 Å². The summed E-state index contributed by atoms with van der Waals surface area (Å²) in [5, 5.41) is 0. The number of carbonyl (C=O) groups excluding carboxylic acids is 4. The number of esters is 3. The maximum atomic E-state index is 12.7. The minimum Gasteiger partial charge on any atom is -0.392 e. The van der Waals surface area contributed by atoms with E-state index in [9.17, 15) is 27.6 Å². The van der Waals surface area contributed by atoms with Crippen LogP contribution in [0.2, 0.25) is 0 Å². The summed E-state index contributed by atoms with van der Waals surface area (Å²) >= 11 is 0. The third-order valence-corrected chi connectivity index (χ3v) is 5.21. The van der Waals surface area contributed by atoms with Crippen LogP contribution >= 0.6 is 0 Å². The molecule has 0 saturated carbocycles. The van der Waals surface area contributed by atoms with Gasteiger partial charge in [0.15, 0.2) is 0 Å². The summed E-state index contributed by atoms with van der Waals surface area (Å²) in [7, 11) is -4.09. The van der Waals surface area contributed by atoms with Gasteiger partial charge in [-0.25, -0.2) is 22.8 Å². The number of hydrogen-bond donors (Lipinski definition) is 0. The van der Waals surface area contributed by atoms with Crippen LogP contribution in [0.25, 0.3) is 0 Å². The number of hydrogen-bond acceptors (Lipinski definition) is 8. The summed E-state index contributed by atoms with van der Waals surface area (Å²) in [5.74, 6) is -2.78. The zero-order valence-corrected chi connectivity index (χ0v) is 13.1. The number of sulfone groups is 1. The lowest BCUT2D eigenvalue weighted by Crippen LogP contribution is -2.07. The molecule has 0 aromatic heterocycles. The fourth-order valence-corrected chi connectivity index (χ4v) is 3.60. The van der Waals surface area contributed by atoms with Crippen molar-refractivity contribution < 1.29 is 37.1 Å². The number of fused-ring (bicyclic) bond motifs is 1. The molecular formula is C16H8O8S. The summed E-state index contributed by atoms with van der Waals surface area (Å²) in [6.45, 7) is -0.0629. The van der Waals surface area contributed by atoms with Crippen molar-refractivity contribution in [1.29, 1.82) is 0 Å². The van der Waals surface area contributed by atoms with E-state index in [0.717, 1.165) is 18.2 Å². The Balaban J connectivity index is 2.06. The van der Waals surface area contributed by atoms with Gasteiger partial charge in [0.2, 0.25) is 9.84 Å². The zero-order valence-electron chi connectivity index (χ0n) is 12.3. The molecule has 0 N–H and O–H groups in total. The highest BCUT2D eigenvalue weighted by atomic mass is 32.2. The van der Waals surface area contributed by atoms with Gasteiger partial charge in [-0.2, -0.15) is 0 Å². The van der Waals surface area contributed by atoms with Crippen molar-refractivity contribution in [1.82, 2.24) is 0 Å². The van der Waals surface area contributed by atoms with Gasteiger partial charge in [0, 0.05) is 0 Å². The van der Waals surface area contributed by atoms with Crippen LogP contribution in [0.15, 0.2) is 52.3 Å². The van der Waals surface area contributed by atoms with Crippen LogP contribution in [0.3, 0.4) is 0 Å². The van der Waals surface area contributed by atoms with Gasteiger partial charge in [-0.1, -0.05) is 6.07 Å². The van der Waals surface area contributed by atoms with E-state index in [2.05, 4.69) is 9.47 Å². The van der Waals surface area contributed by atoms with E-state index in [1.807, 2.05) is 0 Å². The molecule has 0 bridgehead atoms. The Morgan fingerprint density at radius 2 is 1.64 bits per heavy atom. The van der Waals surface area contributed by atoms with Gasteiger partial charge in [0.1, 0.15) is 0 Å². The van der Waals surface area contributed by atoms with Crippen molar-refractivity contribution in [2.75, 3.05) is 0 Å². The van der Waals surface area contributed by atoms with E-state index in [1.165, 1.54) is 24.3 Å². The summed E-state index contributed by atoms with van der Waals surface area (Å²) in [4.78, 5) is 44.3. The van der Waals surface area contributed by atoms with Crippen molar-refractivity contribution >= 4 is 34.2 Å². The summed E-state index contributed by atoms with van der Waals surface area (Å²) in [6, 6.07) is 8.24. The molecule has 1 aliphatic rings. The summed E-state index contributed by atoms with van der Waals surface area (Å²) < 4.78 is 34.0. The number of carbonyl (C=O) groups is 4. The van der Waals surface area contributed by atoms with E-state index >= 15 is 0 Å². The molecule has 0 aliphatic carbocycles. The fourth-order valence-electron chi connectivity index (χ4n) is 2.27. The Kier molecular flexibility index (Phi) is 3.93. The molecule has 25 heavy (non-hydrogen) atoms. The molecule has 9 heteroatoms. The van der Waals surface area contributed by atoms with Crippen LogP contribution in [0.1, 0.15) is 31.1 Å². The second kappa shape index (κ2) is 5.95. The zero-order chi connectivity index (χ0) is 18.2. The molecule has 3 rings (SSSR count). The molecule has 0 atom stereocenters. The van der Waals surface area contributed by atoms with Crippen LogP contribution in [0, 0.1) is 0 Å². The molecule has 0 radical (unpaired) electrons. The maximum absolute atomic E-state index is 12.7. The molecule has 0 spiro atoms. The predicted octanol–water partition coefficient (Wildman–Crippen LogP) is 1.14. The number of rotatable bonds is 4. The topological polar surface area (TPSA) is 121 Å². The average Bonchev–Trinajstić information content (AvgIpc) is 2.89. The molecule has 0 fully saturated rings. The monoisotopic (exact) mass is 360 g/mol. The normalized spacial score (nSPS) is 13.1. The predicted molar refractivity (Wildman–Crippen MR) is 79.6 cm³/mol. The molecule has 0 amide bonds. The van der Waals surface area contributed by atoms with E-state index in [1.54, 1.807) is 0 Å². The quantitative estimate of drug-likeness (QED) is 0.452. The lowest BCUT2D eigenvalue weighted by atomic mass is 10.1. The molecule has 1 heterocycles. The van der Waals surface area contributed by atoms with Crippen LogP contribution in [0.4, 0.5) is 0 Å². The third-order valence-electron chi connectivity index (χ3n) is 3.46. The van der Waals surface area contributed by atoms with Gasteiger partial charge in [-0.15, -0.1) is 0 Å². The highest BCUT2D eigenvalue weighted by molar-refractivity contribution is 7.91. The van der Waals surface area contributed by atoms with Gasteiger partial charge in [0.05, 0.1) is 26.5 Å². The Morgan fingerprint density at radius 3 is 2.36 bits per heavy atom. The molecule has 0 unspecified atom stereocenters.